The first-order chi connectivity index (χ1) is 10.6. The zero-order valence-electron chi connectivity index (χ0n) is 12.1. The van der Waals surface area contributed by atoms with Gasteiger partial charge in [0.2, 0.25) is 0 Å². The molecule has 1 spiro atoms. The normalized spacial score (nSPS) is 45.2. The standard InChI is InChI=1S/C17H17F2NOS/c18-14-3-1-11(2-4-14)15-20-21-17(22-15)12-5-10-6-13(17)9-16(19,7-10)8-12/h1-4,10,12-13H,5-9H2/t10?,12-,13+,16?,17?. The number of oxime groups is 1. The molecule has 2 nitrogen and oxygen atoms in total. The summed E-state index contributed by atoms with van der Waals surface area (Å²) in [7, 11) is 0. The molecule has 0 amide bonds. The molecule has 5 heteroatoms. The molecule has 116 valence electrons. The lowest BCUT2D eigenvalue weighted by Gasteiger charge is -2.59. The van der Waals surface area contributed by atoms with Crippen LogP contribution in [0.25, 0.3) is 0 Å². The molecule has 0 aromatic heterocycles. The maximum atomic E-state index is 14.8. The Hall–Kier alpha value is -1.10. The fourth-order valence-corrected chi connectivity index (χ4v) is 6.55. The summed E-state index contributed by atoms with van der Waals surface area (Å²) < 4.78 is 27.9. The predicted molar refractivity (Wildman–Crippen MR) is 81.7 cm³/mol. The van der Waals surface area contributed by atoms with Gasteiger partial charge in [-0.05, 0) is 62.3 Å². The van der Waals surface area contributed by atoms with Crippen LogP contribution in [0.4, 0.5) is 8.78 Å². The van der Waals surface area contributed by atoms with Crippen molar-refractivity contribution in [3.63, 3.8) is 0 Å². The number of halogens is 2. The molecule has 4 saturated carbocycles. The summed E-state index contributed by atoms with van der Waals surface area (Å²) in [6.07, 6.45) is 4.08. The van der Waals surface area contributed by atoms with Gasteiger partial charge in [-0.25, -0.2) is 8.78 Å². The van der Waals surface area contributed by atoms with Crippen LogP contribution >= 0.6 is 11.8 Å². The van der Waals surface area contributed by atoms with Crippen LogP contribution < -0.4 is 0 Å². The van der Waals surface area contributed by atoms with Gasteiger partial charge in [-0.1, -0.05) is 16.9 Å². The zero-order chi connectivity index (χ0) is 14.9. The maximum Gasteiger partial charge on any atom is 0.194 e. The molecule has 1 aromatic rings. The Labute approximate surface area is 132 Å². The van der Waals surface area contributed by atoms with Crippen molar-refractivity contribution in [1.29, 1.82) is 0 Å². The third-order valence-electron chi connectivity index (χ3n) is 5.87. The first-order valence-corrected chi connectivity index (χ1v) is 8.78. The number of thioether (sulfide) groups is 1. The Morgan fingerprint density at radius 1 is 1.09 bits per heavy atom. The van der Waals surface area contributed by atoms with E-state index in [0.717, 1.165) is 29.9 Å². The summed E-state index contributed by atoms with van der Waals surface area (Å²) in [6.45, 7) is 0. The summed E-state index contributed by atoms with van der Waals surface area (Å²) in [6, 6.07) is 6.35. The van der Waals surface area contributed by atoms with E-state index in [2.05, 4.69) is 5.16 Å². The lowest BCUT2D eigenvalue weighted by Crippen LogP contribution is -2.60. The SMILES string of the molecule is Fc1ccc(C2=NOC3(S2)[C@@H]2CC4C[C@H]3CC(F)(C4)C2)cc1. The lowest BCUT2D eigenvalue weighted by atomic mass is 9.53. The zero-order valence-corrected chi connectivity index (χ0v) is 12.9. The van der Waals surface area contributed by atoms with Crippen molar-refractivity contribution in [2.24, 2.45) is 22.9 Å². The summed E-state index contributed by atoms with van der Waals surface area (Å²) in [5.41, 5.74) is -0.0864. The molecule has 1 aromatic carbocycles. The third-order valence-corrected chi connectivity index (χ3v) is 7.44. The molecule has 22 heavy (non-hydrogen) atoms. The Balaban J connectivity index is 1.45. The van der Waals surface area contributed by atoms with Gasteiger partial charge in [0.15, 0.2) is 4.93 Å². The highest BCUT2D eigenvalue weighted by molar-refractivity contribution is 8.15. The molecule has 6 rings (SSSR count). The van der Waals surface area contributed by atoms with Crippen LogP contribution in [0.1, 0.15) is 37.7 Å². The van der Waals surface area contributed by atoms with Crippen molar-refractivity contribution < 1.29 is 13.6 Å². The van der Waals surface area contributed by atoms with Gasteiger partial charge in [-0.3, -0.25) is 0 Å². The minimum absolute atomic E-state index is 0.246. The Morgan fingerprint density at radius 2 is 1.77 bits per heavy atom. The molecule has 1 aliphatic heterocycles. The van der Waals surface area contributed by atoms with Gasteiger partial charge in [-0.15, -0.1) is 0 Å². The maximum absolute atomic E-state index is 14.8. The van der Waals surface area contributed by atoms with E-state index < -0.39 is 5.67 Å². The summed E-state index contributed by atoms with van der Waals surface area (Å²) in [5, 5.41) is 5.10. The minimum atomic E-state index is -0.968. The predicted octanol–water partition coefficient (Wildman–Crippen LogP) is 4.50. The van der Waals surface area contributed by atoms with Crippen molar-refractivity contribution in [1.82, 2.24) is 0 Å². The molecule has 0 N–H and O–H groups in total. The molecule has 0 radical (unpaired) electrons. The average Bonchev–Trinajstić information content (AvgIpc) is 2.90. The van der Waals surface area contributed by atoms with Crippen molar-refractivity contribution in [3.8, 4) is 0 Å². The average molecular weight is 321 g/mol. The Kier molecular flexibility index (Phi) is 2.58. The van der Waals surface area contributed by atoms with E-state index in [4.69, 9.17) is 4.84 Å². The van der Waals surface area contributed by atoms with Crippen LogP contribution in [0.3, 0.4) is 0 Å². The highest BCUT2D eigenvalue weighted by Crippen LogP contribution is 2.67. The van der Waals surface area contributed by atoms with Crippen molar-refractivity contribution in [2.45, 2.75) is 42.7 Å². The summed E-state index contributed by atoms with van der Waals surface area (Å²) >= 11 is 1.64. The van der Waals surface area contributed by atoms with E-state index in [-0.39, 0.29) is 22.6 Å². The molecule has 1 heterocycles. The molecule has 5 aliphatic rings. The third kappa shape index (κ3) is 1.75. The van der Waals surface area contributed by atoms with E-state index in [9.17, 15) is 8.78 Å². The number of benzene rings is 1. The largest absolute Gasteiger partial charge is 0.376 e. The van der Waals surface area contributed by atoms with Gasteiger partial charge in [0.25, 0.3) is 0 Å². The molecule has 0 saturated heterocycles. The second kappa shape index (κ2) is 4.25. The van der Waals surface area contributed by atoms with E-state index in [0.29, 0.717) is 18.8 Å². The molecule has 4 fully saturated rings. The van der Waals surface area contributed by atoms with Crippen molar-refractivity contribution in [2.75, 3.05) is 0 Å². The van der Waals surface area contributed by atoms with Crippen molar-refractivity contribution in [3.05, 3.63) is 35.6 Å². The highest BCUT2D eigenvalue weighted by Gasteiger charge is 2.66. The number of rotatable bonds is 1. The Morgan fingerprint density at radius 3 is 2.41 bits per heavy atom. The van der Waals surface area contributed by atoms with Crippen LogP contribution in [0.2, 0.25) is 0 Å². The molecule has 4 bridgehead atoms. The van der Waals surface area contributed by atoms with E-state index in [1.54, 1.807) is 23.9 Å². The smallest absolute Gasteiger partial charge is 0.194 e. The van der Waals surface area contributed by atoms with Crippen LogP contribution in [-0.4, -0.2) is 15.6 Å². The number of alkyl halides is 1. The van der Waals surface area contributed by atoms with E-state index in [1.165, 1.54) is 12.1 Å². The van der Waals surface area contributed by atoms with Crippen LogP contribution in [0.5, 0.6) is 0 Å². The van der Waals surface area contributed by atoms with Crippen molar-refractivity contribution >= 4 is 16.8 Å². The fourth-order valence-electron chi connectivity index (χ4n) is 5.15. The Bertz CT molecular complexity index is 643. The summed E-state index contributed by atoms with van der Waals surface area (Å²) in [5.74, 6) is 0.759. The molecular weight excluding hydrogens is 304 g/mol. The fraction of sp³-hybridized carbons (Fsp3) is 0.588. The lowest BCUT2D eigenvalue weighted by molar-refractivity contribution is -0.180. The van der Waals surface area contributed by atoms with Crippen LogP contribution in [0.15, 0.2) is 29.4 Å². The van der Waals surface area contributed by atoms with Gasteiger partial charge < -0.3 is 4.84 Å². The first kappa shape index (κ1) is 13.3. The van der Waals surface area contributed by atoms with Gasteiger partial charge in [0, 0.05) is 17.4 Å². The molecule has 5 atom stereocenters. The second-order valence-electron chi connectivity index (χ2n) is 7.31. The highest BCUT2D eigenvalue weighted by atomic mass is 32.2. The summed E-state index contributed by atoms with van der Waals surface area (Å²) in [4.78, 5) is 5.57. The second-order valence-corrected chi connectivity index (χ2v) is 8.54. The number of hydrogen-bond acceptors (Lipinski definition) is 3. The monoisotopic (exact) mass is 321 g/mol. The van der Waals surface area contributed by atoms with Gasteiger partial charge >= 0.3 is 0 Å². The number of nitrogens with zero attached hydrogens (tertiary/aromatic N) is 1. The van der Waals surface area contributed by atoms with Crippen LogP contribution in [-0.2, 0) is 4.84 Å². The molecule has 3 unspecified atom stereocenters. The molecular formula is C17H17F2NOS. The van der Waals surface area contributed by atoms with Crippen LogP contribution in [0, 0.1) is 23.6 Å². The first-order valence-electron chi connectivity index (χ1n) is 7.96. The van der Waals surface area contributed by atoms with Gasteiger partial charge in [0.05, 0.1) is 0 Å². The number of hydrogen-bond donors (Lipinski definition) is 0. The molecule has 4 aliphatic carbocycles. The topological polar surface area (TPSA) is 21.6 Å². The van der Waals surface area contributed by atoms with Gasteiger partial charge in [-0.2, -0.15) is 0 Å². The van der Waals surface area contributed by atoms with Gasteiger partial charge in [0.1, 0.15) is 16.5 Å². The quantitative estimate of drug-likeness (QED) is 0.760. The van der Waals surface area contributed by atoms with E-state index in [1.807, 2.05) is 0 Å². The van der Waals surface area contributed by atoms with E-state index >= 15 is 0 Å². The minimum Gasteiger partial charge on any atom is -0.376 e.